The summed E-state index contributed by atoms with van der Waals surface area (Å²) in [5.41, 5.74) is 40.9. The third kappa shape index (κ3) is 49.1. The van der Waals surface area contributed by atoms with E-state index < -0.39 is 41.8 Å². The highest BCUT2D eigenvalue weighted by Crippen LogP contribution is 2.02. The number of hydrogen-bond donors (Lipinski definition) is 14. The molecule has 0 aliphatic carbocycles. The van der Waals surface area contributed by atoms with Crippen molar-refractivity contribution in [1.29, 1.82) is 0 Å². The Morgan fingerprint density at radius 2 is 0.810 bits per heavy atom. The molecule has 25 heteroatoms. The molecule has 5 amide bonds. The maximum absolute atomic E-state index is 11.5. The average Bonchev–Trinajstić information content (AvgIpc) is 3.10. The number of carboxylic acid groups (broad SMARTS) is 3. The molecule has 0 fully saturated rings. The number of terminal acetylenes is 1. The molecule has 58 heavy (non-hydrogen) atoms. The van der Waals surface area contributed by atoms with E-state index >= 15 is 0 Å². The van der Waals surface area contributed by atoms with E-state index in [1.807, 2.05) is 0 Å². The van der Waals surface area contributed by atoms with Crippen molar-refractivity contribution in [3.8, 4) is 12.3 Å². The maximum atomic E-state index is 11.5. The number of nitrogens with two attached hydrogens (primary N) is 8. The lowest BCUT2D eigenvalue weighted by Gasteiger charge is -2.14. The van der Waals surface area contributed by atoms with Gasteiger partial charge in [0.2, 0.25) is 29.5 Å². The number of amides is 5. The Kier molecular flexibility index (Phi) is 38.3. The second kappa shape index (κ2) is 38.4. The van der Waals surface area contributed by atoms with E-state index in [1.54, 1.807) is 6.92 Å². The van der Waals surface area contributed by atoms with Crippen LogP contribution in [-0.4, -0.2) is 119 Å². The molecule has 0 rings (SSSR count). The monoisotopic (exact) mass is 830 g/mol. The van der Waals surface area contributed by atoms with Gasteiger partial charge in [-0.05, 0) is 58.3 Å². The van der Waals surface area contributed by atoms with E-state index in [1.165, 1.54) is 0 Å². The summed E-state index contributed by atoms with van der Waals surface area (Å²) in [5.74, 6) is -3.37. The number of carbonyl (C=O) groups excluding carboxylic acids is 5. The van der Waals surface area contributed by atoms with Crippen LogP contribution in [-0.2, 0) is 38.4 Å². The molecule has 0 aliphatic rings. The Bertz CT molecular complexity index is 1330. The predicted octanol–water partition coefficient (Wildman–Crippen LogP) is -4.20. The molecule has 25 nitrogen and oxygen atoms in total. The standard InChI is InChI=1S/2C11H21N5O4.C8H16N4O3.C3H4/c2*12-10(20)7(4-5-9(18)19)16-8(17)3-1-2-6-15-11(13)14;9-8(10)11-4-2-1-3-6(13)12-5-7(14)15;1-3-2/h2*7H,1-6H2,(H2,12,20)(H,16,17)(H,18,19)(H4,13,14,15);1-5H2,(H,12,13)(H,14,15)(H4,9,10,11);1H,2H3/t2*7-;;/m11../s1. The first-order valence-electron chi connectivity index (χ1n) is 17.7. The SMILES string of the molecule is C#CC.NC(=O)[C@@H](CCC(=O)O)NC(=O)CCCCN=C(N)N.NC(=O)[C@@H](CCC(=O)O)NC(=O)CCCCN=C(N)N.NC(N)=NCCCCC(=O)NCC(=O)O. The number of nitrogens with one attached hydrogen (secondary N) is 3. The minimum absolute atomic E-state index is 0.00286. The van der Waals surface area contributed by atoms with Gasteiger partial charge < -0.3 is 77.1 Å². The summed E-state index contributed by atoms with van der Waals surface area (Å²) < 4.78 is 0. The molecule has 0 saturated carbocycles. The maximum Gasteiger partial charge on any atom is 0.322 e. The molecule has 330 valence electrons. The fourth-order valence-electron chi connectivity index (χ4n) is 3.72. The molecular weight excluding hydrogens is 768 g/mol. The van der Waals surface area contributed by atoms with Crippen LogP contribution in [0.3, 0.4) is 0 Å². The molecule has 22 N–H and O–H groups in total. The molecular formula is C33H62N14O11. The van der Waals surface area contributed by atoms with Crippen molar-refractivity contribution in [3.05, 3.63) is 0 Å². The van der Waals surface area contributed by atoms with Gasteiger partial charge in [-0.25, -0.2) is 0 Å². The van der Waals surface area contributed by atoms with Gasteiger partial charge >= 0.3 is 17.9 Å². The van der Waals surface area contributed by atoms with Crippen molar-refractivity contribution < 1.29 is 53.7 Å². The van der Waals surface area contributed by atoms with Gasteiger partial charge in [-0.15, -0.1) is 12.3 Å². The lowest BCUT2D eigenvalue weighted by Crippen LogP contribution is -2.44. The molecule has 0 saturated heterocycles. The number of guanidine groups is 3. The van der Waals surface area contributed by atoms with E-state index in [2.05, 4.69) is 43.3 Å². The van der Waals surface area contributed by atoms with Crippen molar-refractivity contribution in [2.75, 3.05) is 26.2 Å². The van der Waals surface area contributed by atoms with Gasteiger partial charge in [0.25, 0.3) is 0 Å². The second-order valence-corrected chi connectivity index (χ2v) is 11.7. The molecule has 0 aromatic carbocycles. The number of carbonyl (C=O) groups is 8. The van der Waals surface area contributed by atoms with Gasteiger partial charge in [-0.2, -0.15) is 0 Å². The van der Waals surface area contributed by atoms with Crippen LogP contribution in [0.1, 0.15) is 90.4 Å². The average molecular weight is 831 g/mol. The predicted molar refractivity (Wildman–Crippen MR) is 215 cm³/mol. The van der Waals surface area contributed by atoms with E-state index in [4.69, 9.17) is 61.2 Å². The van der Waals surface area contributed by atoms with Crippen LogP contribution < -0.4 is 61.8 Å². The third-order valence-corrected chi connectivity index (χ3v) is 6.41. The number of primary amides is 2. The second-order valence-electron chi connectivity index (χ2n) is 11.7. The Labute approximate surface area is 336 Å². The fraction of sp³-hybridized carbons (Fsp3) is 0.606. The van der Waals surface area contributed by atoms with Crippen LogP contribution in [0.25, 0.3) is 0 Å². The molecule has 0 unspecified atom stereocenters. The Hall–Kier alpha value is -6.87. The number of hydrogen-bond acceptors (Lipinski definition) is 11. The molecule has 0 heterocycles. The van der Waals surface area contributed by atoms with E-state index in [9.17, 15) is 38.4 Å². The van der Waals surface area contributed by atoms with Crippen LogP contribution in [0.2, 0.25) is 0 Å². The first-order chi connectivity index (χ1) is 27.1. The molecule has 0 radical (unpaired) electrons. The molecule has 0 bridgehead atoms. The number of unbranched alkanes of at least 4 members (excludes halogenated alkanes) is 3. The largest absolute Gasteiger partial charge is 0.481 e. The van der Waals surface area contributed by atoms with Gasteiger partial charge in [0, 0.05) is 51.7 Å². The van der Waals surface area contributed by atoms with Gasteiger partial charge in [-0.1, -0.05) is 0 Å². The number of aliphatic carboxylic acids is 3. The van der Waals surface area contributed by atoms with E-state index in [0.717, 1.165) is 0 Å². The highest BCUT2D eigenvalue weighted by molar-refractivity contribution is 5.87. The highest BCUT2D eigenvalue weighted by Gasteiger charge is 2.20. The first kappa shape index (κ1) is 57.8. The molecule has 0 aliphatic heterocycles. The molecule has 0 aromatic heterocycles. The fourth-order valence-corrected chi connectivity index (χ4v) is 3.72. The number of rotatable bonds is 27. The van der Waals surface area contributed by atoms with Crippen molar-refractivity contribution in [1.82, 2.24) is 16.0 Å². The summed E-state index contributed by atoms with van der Waals surface area (Å²) in [6, 6.07) is -1.92. The summed E-state index contributed by atoms with van der Waals surface area (Å²) in [6.45, 7) is 2.64. The van der Waals surface area contributed by atoms with Gasteiger partial charge in [0.05, 0.1) is 0 Å². The van der Waals surface area contributed by atoms with Crippen molar-refractivity contribution >= 4 is 65.3 Å². The zero-order valence-corrected chi connectivity index (χ0v) is 32.8. The van der Waals surface area contributed by atoms with Crippen LogP contribution in [0.5, 0.6) is 0 Å². The Morgan fingerprint density at radius 3 is 1.05 bits per heavy atom. The number of nitrogens with zero attached hydrogens (tertiary/aromatic N) is 3. The molecule has 0 spiro atoms. The zero-order valence-electron chi connectivity index (χ0n) is 32.8. The minimum atomic E-state index is -1.05. The van der Waals surface area contributed by atoms with Crippen molar-refractivity contribution in [2.45, 2.75) is 102 Å². The van der Waals surface area contributed by atoms with Crippen LogP contribution >= 0.6 is 0 Å². The first-order valence-corrected chi connectivity index (χ1v) is 17.7. The Balaban J connectivity index is -0.000000368. The lowest BCUT2D eigenvalue weighted by atomic mass is 10.1. The van der Waals surface area contributed by atoms with Gasteiger partial charge in [0.15, 0.2) is 17.9 Å². The number of carboxylic acids is 3. The van der Waals surface area contributed by atoms with Crippen LogP contribution in [0, 0.1) is 12.3 Å². The van der Waals surface area contributed by atoms with Crippen LogP contribution in [0.4, 0.5) is 0 Å². The molecule has 2 atom stereocenters. The highest BCUT2D eigenvalue weighted by atomic mass is 16.4. The van der Waals surface area contributed by atoms with Crippen LogP contribution in [0.15, 0.2) is 15.0 Å². The summed E-state index contributed by atoms with van der Waals surface area (Å²) in [6.07, 6.45) is 8.41. The van der Waals surface area contributed by atoms with E-state index in [-0.39, 0.29) is 87.1 Å². The van der Waals surface area contributed by atoms with Crippen molar-refractivity contribution in [3.63, 3.8) is 0 Å². The van der Waals surface area contributed by atoms with Gasteiger partial charge in [0.1, 0.15) is 18.6 Å². The summed E-state index contributed by atoms with van der Waals surface area (Å²) in [4.78, 5) is 98.4. The number of aliphatic imine (C=N–C) groups is 3. The minimum Gasteiger partial charge on any atom is -0.481 e. The summed E-state index contributed by atoms with van der Waals surface area (Å²) in [5, 5.41) is 32.4. The molecule has 0 aromatic rings. The van der Waals surface area contributed by atoms with E-state index in [0.29, 0.717) is 58.2 Å². The normalized spacial score (nSPS) is 10.4. The third-order valence-electron chi connectivity index (χ3n) is 6.41. The van der Waals surface area contributed by atoms with Crippen molar-refractivity contribution in [2.24, 2.45) is 60.8 Å². The summed E-state index contributed by atoms with van der Waals surface area (Å²) >= 11 is 0. The van der Waals surface area contributed by atoms with Gasteiger partial charge in [-0.3, -0.25) is 53.3 Å². The Morgan fingerprint density at radius 1 is 0.517 bits per heavy atom. The quantitative estimate of drug-likeness (QED) is 0.0161. The topological polar surface area (TPSA) is 479 Å². The summed E-state index contributed by atoms with van der Waals surface area (Å²) in [7, 11) is 0. The smallest absolute Gasteiger partial charge is 0.322 e. The lowest BCUT2D eigenvalue weighted by molar-refractivity contribution is -0.138. The zero-order chi connectivity index (χ0) is 45.5.